The third-order valence-electron chi connectivity index (χ3n) is 4.12. The molecule has 0 unspecified atom stereocenters. The molecule has 0 amide bonds. The van der Waals surface area contributed by atoms with Crippen molar-refractivity contribution in [2.75, 3.05) is 10.6 Å². The van der Waals surface area contributed by atoms with Crippen LogP contribution in [0.1, 0.15) is 11.1 Å². The molecule has 0 spiro atoms. The molecule has 0 saturated carbocycles. The van der Waals surface area contributed by atoms with Crippen LogP contribution in [-0.2, 0) is 9.59 Å². The van der Waals surface area contributed by atoms with Gasteiger partial charge < -0.3 is 22.1 Å². The summed E-state index contributed by atoms with van der Waals surface area (Å²) in [5, 5.41) is 5.81. The van der Waals surface area contributed by atoms with Crippen LogP contribution >= 0.6 is 0 Å². The van der Waals surface area contributed by atoms with Crippen molar-refractivity contribution in [3.63, 3.8) is 0 Å². The zero-order chi connectivity index (χ0) is 18.8. The highest BCUT2D eigenvalue weighted by atomic mass is 16.1. The van der Waals surface area contributed by atoms with Crippen molar-refractivity contribution >= 4 is 22.9 Å². The Bertz CT molecular complexity index is 859. The van der Waals surface area contributed by atoms with Gasteiger partial charge in [-0.15, -0.1) is 0 Å². The standard InChI is InChI=1S/C20H20N4O2/c1-11-3-7-13(8-4-11)23-17-15(21)20(26)18(16(22)19(17)25)24-14-9-5-12(2)6-10-14/h3-10,23-24H,21-22H2,1-2H3. The van der Waals surface area contributed by atoms with E-state index in [1.54, 1.807) is 24.3 Å². The number of rotatable bonds is 4. The lowest BCUT2D eigenvalue weighted by Crippen LogP contribution is -2.36. The first kappa shape index (κ1) is 17.3. The van der Waals surface area contributed by atoms with Crippen LogP contribution in [0, 0.1) is 13.8 Å². The van der Waals surface area contributed by atoms with E-state index in [2.05, 4.69) is 10.6 Å². The quantitative estimate of drug-likeness (QED) is 0.631. The summed E-state index contributed by atoms with van der Waals surface area (Å²) in [6, 6.07) is 14.7. The number of carbonyl (C=O) groups excluding carboxylic acids is 2. The Morgan fingerprint density at radius 3 is 1.23 bits per heavy atom. The molecule has 0 fully saturated rings. The lowest BCUT2D eigenvalue weighted by molar-refractivity contribution is -0.116. The maximum atomic E-state index is 12.6. The predicted molar refractivity (Wildman–Crippen MR) is 102 cm³/mol. The zero-order valence-electron chi connectivity index (χ0n) is 14.6. The number of anilines is 2. The molecule has 2 aromatic carbocycles. The van der Waals surface area contributed by atoms with Crippen LogP contribution in [-0.4, -0.2) is 11.6 Å². The van der Waals surface area contributed by atoms with E-state index in [1.165, 1.54) is 0 Å². The molecule has 0 saturated heterocycles. The summed E-state index contributed by atoms with van der Waals surface area (Å²) in [7, 11) is 0. The minimum atomic E-state index is -0.516. The van der Waals surface area contributed by atoms with Gasteiger partial charge in [0, 0.05) is 11.4 Å². The number of ketones is 2. The van der Waals surface area contributed by atoms with Crippen LogP contribution < -0.4 is 22.1 Å². The number of benzene rings is 2. The highest BCUT2D eigenvalue weighted by Gasteiger charge is 2.32. The largest absolute Gasteiger partial charge is 0.394 e. The second-order valence-electron chi connectivity index (χ2n) is 6.22. The second-order valence-corrected chi connectivity index (χ2v) is 6.22. The Labute approximate surface area is 151 Å². The molecule has 0 radical (unpaired) electrons. The number of Topliss-reactive ketones (excluding diaryl/α,β-unsaturated/α-hetero) is 2. The Balaban J connectivity index is 1.88. The number of aryl methyl sites for hydroxylation is 2. The fourth-order valence-corrected chi connectivity index (χ4v) is 2.55. The zero-order valence-corrected chi connectivity index (χ0v) is 14.6. The second kappa shape index (κ2) is 6.76. The van der Waals surface area contributed by atoms with Crippen molar-refractivity contribution in [2.24, 2.45) is 11.5 Å². The van der Waals surface area contributed by atoms with Gasteiger partial charge in [-0.25, -0.2) is 0 Å². The summed E-state index contributed by atoms with van der Waals surface area (Å²) < 4.78 is 0. The molecule has 6 heteroatoms. The van der Waals surface area contributed by atoms with Crippen molar-refractivity contribution in [3.8, 4) is 0 Å². The highest BCUT2D eigenvalue weighted by Crippen LogP contribution is 2.23. The summed E-state index contributed by atoms with van der Waals surface area (Å²) in [5.41, 5.74) is 15.0. The van der Waals surface area contributed by atoms with Gasteiger partial charge in [-0.1, -0.05) is 35.4 Å². The summed E-state index contributed by atoms with van der Waals surface area (Å²) in [5.74, 6) is -1.03. The SMILES string of the molecule is Cc1ccc(NC2=C(N)C(=O)C(Nc3ccc(C)cc3)=C(N)C2=O)cc1. The van der Waals surface area contributed by atoms with Gasteiger partial charge in [-0.05, 0) is 38.1 Å². The van der Waals surface area contributed by atoms with E-state index in [0.29, 0.717) is 11.4 Å². The van der Waals surface area contributed by atoms with Crippen LogP contribution in [0.4, 0.5) is 11.4 Å². The Morgan fingerprint density at radius 2 is 0.923 bits per heavy atom. The van der Waals surface area contributed by atoms with Crippen LogP contribution in [0.25, 0.3) is 0 Å². The molecule has 6 nitrogen and oxygen atoms in total. The minimum Gasteiger partial charge on any atom is -0.394 e. The minimum absolute atomic E-state index is 0.00851. The first-order valence-electron chi connectivity index (χ1n) is 8.13. The maximum absolute atomic E-state index is 12.6. The highest BCUT2D eigenvalue weighted by molar-refractivity contribution is 6.26. The smallest absolute Gasteiger partial charge is 0.229 e. The van der Waals surface area contributed by atoms with E-state index in [4.69, 9.17) is 11.5 Å². The Morgan fingerprint density at radius 1 is 0.615 bits per heavy atom. The fourth-order valence-electron chi connectivity index (χ4n) is 2.55. The normalized spacial score (nSPS) is 14.7. The molecular formula is C20H20N4O2. The number of carbonyl (C=O) groups is 2. The lowest BCUT2D eigenvalue weighted by atomic mass is 9.99. The Kier molecular flexibility index (Phi) is 4.49. The van der Waals surface area contributed by atoms with Gasteiger partial charge in [0.05, 0.1) is 0 Å². The monoisotopic (exact) mass is 348 g/mol. The molecular weight excluding hydrogens is 328 g/mol. The number of hydrogen-bond acceptors (Lipinski definition) is 6. The van der Waals surface area contributed by atoms with Crippen molar-refractivity contribution in [3.05, 3.63) is 82.4 Å². The van der Waals surface area contributed by atoms with E-state index in [1.807, 2.05) is 38.1 Å². The van der Waals surface area contributed by atoms with E-state index in [9.17, 15) is 9.59 Å². The Hall–Kier alpha value is -3.54. The molecule has 0 aromatic heterocycles. The molecule has 0 aliphatic heterocycles. The summed E-state index contributed by atoms with van der Waals surface area (Å²) >= 11 is 0. The van der Waals surface area contributed by atoms with Crippen molar-refractivity contribution < 1.29 is 9.59 Å². The van der Waals surface area contributed by atoms with Crippen molar-refractivity contribution in [1.82, 2.24) is 0 Å². The number of nitrogens with one attached hydrogen (secondary N) is 2. The molecule has 6 N–H and O–H groups in total. The van der Waals surface area contributed by atoms with Crippen LogP contribution in [0.5, 0.6) is 0 Å². The predicted octanol–water partition coefficient (Wildman–Crippen LogP) is 2.32. The molecule has 1 aliphatic carbocycles. The van der Waals surface area contributed by atoms with Crippen molar-refractivity contribution in [2.45, 2.75) is 13.8 Å². The lowest BCUT2D eigenvalue weighted by Gasteiger charge is -2.21. The van der Waals surface area contributed by atoms with Gasteiger partial charge in [0.2, 0.25) is 11.6 Å². The first-order valence-corrected chi connectivity index (χ1v) is 8.13. The average Bonchev–Trinajstić information content (AvgIpc) is 2.64. The molecule has 26 heavy (non-hydrogen) atoms. The van der Waals surface area contributed by atoms with Crippen molar-refractivity contribution in [1.29, 1.82) is 0 Å². The molecule has 132 valence electrons. The van der Waals surface area contributed by atoms with E-state index < -0.39 is 11.6 Å². The van der Waals surface area contributed by atoms with E-state index in [0.717, 1.165) is 11.1 Å². The van der Waals surface area contributed by atoms with Crippen LogP contribution in [0.2, 0.25) is 0 Å². The average molecular weight is 348 g/mol. The fraction of sp³-hybridized carbons (Fsp3) is 0.100. The first-order chi connectivity index (χ1) is 12.4. The molecule has 0 bridgehead atoms. The van der Waals surface area contributed by atoms with Crippen LogP contribution in [0.3, 0.4) is 0 Å². The van der Waals surface area contributed by atoms with E-state index in [-0.39, 0.29) is 22.8 Å². The maximum Gasteiger partial charge on any atom is 0.229 e. The third kappa shape index (κ3) is 3.30. The molecule has 3 rings (SSSR count). The third-order valence-corrected chi connectivity index (χ3v) is 4.12. The van der Waals surface area contributed by atoms with Gasteiger partial charge >= 0.3 is 0 Å². The molecule has 2 aromatic rings. The topological polar surface area (TPSA) is 110 Å². The summed E-state index contributed by atoms with van der Waals surface area (Å²) in [6.45, 7) is 3.91. The summed E-state index contributed by atoms with van der Waals surface area (Å²) in [6.07, 6.45) is 0. The van der Waals surface area contributed by atoms with Gasteiger partial charge in [0.15, 0.2) is 0 Å². The molecule has 0 atom stereocenters. The van der Waals surface area contributed by atoms with Gasteiger partial charge in [0.25, 0.3) is 0 Å². The summed E-state index contributed by atoms with van der Waals surface area (Å²) in [4.78, 5) is 25.3. The number of hydrogen-bond donors (Lipinski definition) is 4. The van der Waals surface area contributed by atoms with Gasteiger partial charge in [0.1, 0.15) is 22.8 Å². The number of nitrogens with two attached hydrogens (primary N) is 2. The van der Waals surface area contributed by atoms with Gasteiger partial charge in [-0.3, -0.25) is 9.59 Å². The molecule has 0 heterocycles. The molecule has 1 aliphatic rings. The van der Waals surface area contributed by atoms with Crippen LogP contribution in [0.15, 0.2) is 71.3 Å². The van der Waals surface area contributed by atoms with E-state index >= 15 is 0 Å². The van der Waals surface area contributed by atoms with Gasteiger partial charge in [-0.2, -0.15) is 0 Å².